The first-order valence-electron chi connectivity index (χ1n) is 9.89. The molecule has 0 saturated carbocycles. The second kappa shape index (κ2) is 8.50. The zero-order valence-electron chi connectivity index (χ0n) is 17.5. The summed E-state index contributed by atoms with van der Waals surface area (Å²) in [5, 5.41) is 8.11. The Balaban J connectivity index is 1.87. The van der Waals surface area contributed by atoms with Gasteiger partial charge in [-0.25, -0.2) is 9.97 Å². The van der Waals surface area contributed by atoms with Crippen molar-refractivity contribution in [1.82, 2.24) is 24.7 Å². The van der Waals surface area contributed by atoms with E-state index < -0.39 is 0 Å². The molecule has 0 aliphatic carbocycles. The maximum absolute atomic E-state index is 4.78. The molecule has 0 aliphatic heterocycles. The van der Waals surface area contributed by atoms with Crippen LogP contribution in [0, 0.1) is 12.3 Å². The zero-order valence-corrected chi connectivity index (χ0v) is 17.5. The van der Waals surface area contributed by atoms with E-state index in [1.165, 1.54) is 0 Å². The number of nitrogens with one attached hydrogen (secondary N) is 1. The number of hydrogen-bond acceptors (Lipinski definition) is 5. The molecule has 0 bridgehead atoms. The van der Waals surface area contributed by atoms with Crippen molar-refractivity contribution in [3.05, 3.63) is 54.2 Å². The van der Waals surface area contributed by atoms with Gasteiger partial charge in [0.15, 0.2) is 0 Å². The van der Waals surface area contributed by atoms with E-state index in [1.54, 1.807) is 12.4 Å². The number of hydrogen-bond donors (Lipinski definition) is 1. The van der Waals surface area contributed by atoms with Gasteiger partial charge >= 0.3 is 0 Å². The first kappa shape index (κ1) is 20.0. The predicted molar refractivity (Wildman–Crippen MR) is 113 cm³/mol. The second-order valence-corrected chi connectivity index (χ2v) is 8.40. The monoisotopic (exact) mass is 378 g/mol. The van der Waals surface area contributed by atoms with Gasteiger partial charge in [0.05, 0.1) is 17.4 Å². The molecule has 1 atom stereocenters. The molecule has 0 saturated heterocycles. The lowest BCUT2D eigenvalue weighted by atomic mass is 9.86. The van der Waals surface area contributed by atoms with E-state index in [2.05, 4.69) is 60.3 Å². The minimum absolute atomic E-state index is 0.0906. The van der Waals surface area contributed by atoms with Gasteiger partial charge in [-0.15, -0.1) is 0 Å². The van der Waals surface area contributed by atoms with Crippen molar-refractivity contribution in [2.24, 2.45) is 5.41 Å². The van der Waals surface area contributed by atoms with E-state index in [9.17, 15) is 0 Å². The van der Waals surface area contributed by atoms with Gasteiger partial charge in [0.1, 0.15) is 0 Å². The normalized spacial score (nSPS) is 12.8. The molecule has 1 N–H and O–H groups in total. The average molecular weight is 379 g/mol. The van der Waals surface area contributed by atoms with Gasteiger partial charge in [0.25, 0.3) is 0 Å². The molecule has 0 spiro atoms. The number of aromatic nitrogens is 5. The Bertz CT molecular complexity index is 895. The standard InChI is InChI=1S/C22H30N6/c1-6-12-28-15-18(16(2)27-28)19-9-11-24-21(25-19)26-20(13-22(3,4)5)17-8-7-10-23-14-17/h7-11,14-15,20H,6,12-13H2,1-5H3,(H,24,25,26)/t20-/m0/s1. The van der Waals surface area contributed by atoms with Gasteiger partial charge in [0.2, 0.25) is 5.95 Å². The molecule has 0 radical (unpaired) electrons. The molecule has 0 aromatic carbocycles. The van der Waals surface area contributed by atoms with E-state index in [-0.39, 0.29) is 11.5 Å². The van der Waals surface area contributed by atoms with Crippen LogP contribution in [0.1, 0.15) is 57.8 Å². The first-order valence-corrected chi connectivity index (χ1v) is 9.89. The van der Waals surface area contributed by atoms with Crippen molar-refractivity contribution in [2.75, 3.05) is 5.32 Å². The third-order valence-corrected chi connectivity index (χ3v) is 4.54. The zero-order chi connectivity index (χ0) is 20.1. The van der Waals surface area contributed by atoms with Gasteiger partial charge in [0, 0.05) is 36.9 Å². The third-order valence-electron chi connectivity index (χ3n) is 4.54. The highest BCUT2D eigenvalue weighted by Crippen LogP contribution is 2.31. The maximum atomic E-state index is 4.78. The summed E-state index contributed by atoms with van der Waals surface area (Å²) in [7, 11) is 0. The van der Waals surface area contributed by atoms with Gasteiger partial charge in [-0.2, -0.15) is 5.10 Å². The van der Waals surface area contributed by atoms with Crippen LogP contribution >= 0.6 is 0 Å². The van der Waals surface area contributed by atoms with Crippen LogP contribution in [0.25, 0.3) is 11.3 Å². The Labute approximate surface area is 167 Å². The van der Waals surface area contributed by atoms with Gasteiger partial charge in [-0.1, -0.05) is 33.8 Å². The molecule has 6 nitrogen and oxygen atoms in total. The van der Waals surface area contributed by atoms with E-state index in [0.29, 0.717) is 5.95 Å². The molecule has 0 unspecified atom stereocenters. The van der Waals surface area contributed by atoms with Crippen LogP contribution in [0.5, 0.6) is 0 Å². The lowest BCUT2D eigenvalue weighted by Crippen LogP contribution is -2.20. The Morgan fingerprint density at radius 1 is 1.18 bits per heavy atom. The number of aryl methyl sites for hydroxylation is 2. The molecule has 0 aliphatic rings. The van der Waals surface area contributed by atoms with E-state index >= 15 is 0 Å². The molecule has 0 amide bonds. The van der Waals surface area contributed by atoms with Crippen LogP contribution in [0.2, 0.25) is 0 Å². The lowest BCUT2D eigenvalue weighted by Gasteiger charge is -2.27. The maximum Gasteiger partial charge on any atom is 0.223 e. The fourth-order valence-electron chi connectivity index (χ4n) is 3.29. The Kier molecular flexibility index (Phi) is 6.07. The summed E-state index contributed by atoms with van der Waals surface area (Å²) in [6.45, 7) is 11.8. The highest BCUT2D eigenvalue weighted by Gasteiger charge is 2.21. The van der Waals surface area contributed by atoms with Crippen molar-refractivity contribution in [2.45, 2.75) is 60.0 Å². The summed E-state index contributed by atoms with van der Waals surface area (Å²) >= 11 is 0. The van der Waals surface area contributed by atoms with Crippen molar-refractivity contribution in [1.29, 1.82) is 0 Å². The fourth-order valence-corrected chi connectivity index (χ4v) is 3.29. The van der Waals surface area contributed by atoms with Gasteiger partial charge < -0.3 is 5.32 Å². The summed E-state index contributed by atoms with van der Waals surface area (Å²) < 4.78 is 1.98. The molecule has 3 rings (SSSR count). The van der Waals surface area contributed by atoms with Crippen molar-refractivity contribution >= 4 is 5.95 Å². The number of anilines is 1. The summed E-state index contributed by atoms with van der Waals surface area (Å²) in [5.74, 6) is 0.623. The summed E-state index contributed by atoms with van der Waals surface area (Å²) in [6, 6.07) is 6.09. The van der Waals surface area contributed by atoms with Gasteiger partial charge in [-0.05, 0) is 42.9 Å². The molecule has 3 aromatic rings. The predicted octanol–water partition coefficient (Wildman–Crippen LogP) is 5.04. The minimum Gasteiger partial charge on any atom is -0.347 e. The molecule has 6 heteroatoms. The Hall–Kier alpha value is -2.76. The smallest absolute Gasteiger partial charge is 0.223 e. The molecule has 28 heavy (non-hydrogen) atoms. The van der Waals surface area contributed by atoms with Crippen LogP contribution in [-0.4, -0.2) is 24.7 Å². The highest BCUT2D eigenvalue weighted by atomic mass is 15.3. The van der Waals surface area contributed by atoms with E-state index in [0.717, 1.165) is 41.9 Å². The molecular weight excluding hydrogens is 348 g/mol. The second-order valence-electron chi connectivity index (χ2n) is 8.40. The number of nitrogens with zero attached hydrogens (tertiary/aromatic N) is 5. The Morgan fingerprint density at radius 3 is 2.68 bits per heavy atom. The van der Waals surface area contributed by atoms with Crippen molar-refractivity contribution < 1.29 is 0 Å². The van der Waals surface area contributed by atoms with Crippen LogP contribution in [0.15, 0.2) is 43.0 Å². The number of rotatable bonds is 7. The molecule has 3 aromatic heterocycles. The minimum atomic E-state index is 0.0906. The molecule has 0 fully saturated rings. The summed E-state index contributed by atoms with van der Waals surface area (Å²) in [6.07, 6.45) is 9.57. The van der Waals surface area contributed by atoms with E-state index in [4.69, 9.17) is 4.98 Å². The van der Waals surface area contributed by atoms with Crippen molar-refractivity contribution in [3.8, 4) is 11.3 Å². The average Bonchev–Trinajstić information content (AvgIpc) is 3.02. The first-order chi connectivity index (χ1) is 13.4. The summed E-state index contributed by atoms with van der Waals surface area (Å²) in [4.78, 5) is 13.5. The third kappa shape index (κ3) is 5.15. The molecule has 148 valence electrons. The van der Waals surface area contributed by atoms with Crippen molar-refractivity contribution in [3.63, 3.8) is 0 Å². The van der Waals surface area contributed by atoms with Gasteiger partial charge in [-0.3, -0.25) is 9.67 Å². The van der Waals surface area contributed by atoms with E-state index in [1.807, 2.05) is 29.9 Å². The SMILES string of the molecule is CCCn1cc(-c2ccnc(N[C@@H](CC(C)(C)C)c3cccnc3)n2)c(C)n1. The molecule has 3 heterocycles. The largest absolute Gasteiger partial charge is 0.347 e. The topological polar surface area (TPSA) is 68.5 Å². The lowest BCUT2D eigenvalue weighted by molar-refractivity contribution is 0.351. The summed E-state index contributed by atoms with van der Waals surface area (Å²) in [5.41, 5.74) is 4.21. The van der Waals surface area contributed by atoms with Crippen LogP contribution in [-0.2, 0) is 6.54 Å². The highest BCUT2D eigenvalue weighted by molar-refractivity contribution is 5.61. The quantitative estimate of drug-likeness (QED) is 0.623. The van der Waals surface area contributed by atoms with Crippen LogP contribution in [0.3, 0.4) is 0 Å². The molecular formula is C22H30N6. The fraction of sp³-hybridized carbons (Fsp3) is 0.455. The van der Waals surface area contributed by atoms with Crippen LogP contribution < -0.4 is 5.32 Å². The Morgan fingerprint density at radius 2 is 2.00 bits per heavy atom. The number of pyridine rings is 1. The van der Waals surface area contributed by atoms with Crippen LogP contribution in [0.4, 0.5) is 5.95 Å².